The van der Waals surface area contributed by atoms with E-state index in [1.54, 1.807) is 24.3 Å². The van der Waals surface area contributed by atoms with E-state index in [2.05, 4.69) is 6.92 Å². The van der Waals surface area contributed by atoms with Gasteiger partial charge in [-0.25, -0.2) is 8.42 Å². The fraction of sp³-hybridized carbons (Fsp3) is 0.571. The monoisotopic (exact) mass is 268 g/mol. The lowest BCUT2D eigenvalue weighted by Crippen LogP contribution is -2.42. The van der Waals surface area contributed by atoms with Crippen molar-refractivity contribution in [3.63, 3.8) is 0 Å². The lowest BCUT2D eigenvalue weighted by Gasteiger charge is -2.47. The van der Waals surface area contributed by atoms with Gasteiger partial charge in [0.15, 0.2) is 9.84 Å². The zero-order valence-corrected chi connectivity index (χ0v) is 11.5. The highest BCUT2D eigenvalue weighted by atomic mass is 32.2. The van der Waals surface area contributed by atoms with Gasteiger partial charge in [0.25, 0.3) is 0 Å². The smallest absolute Gasteiger partial charge is 0.178 e. The van der Waals surface area contributed by atoms with Crippen molar-refractivity contribution in [3.8, 4) is 0 Å². The number of rotatable bonds is 5. The third-order valence-electron chi connectivity index (χ3n) is 4.26. The van der Waals surface area contributed by atoms with Gasteiger partial charge in [0, 0.05) is 6.61 Å². The van der Waals surface area contributed by atoms with E-state index in [1.165, 1.54) is 0 Å². The second-order valence-electron chi connectivity index (χ2n) is 5.46. The van der Waals surface area contributed by atoms with Crippen molar-refractivity contribution in [2.75, 3.05) is 12.4 Å². The summed E-state index contributed by atoms with van der Waals surface area (Å²) < 4.78 is 24.5. The molecule has 0 aromatic heterocycles. The van der Waals surface area contributed by atoms with Crippen LogP contribution in [-0.2, 0) is 9.84 Å². The van der Waals surface area contributed by atoms with Crippen LogP contribution in [-0.4, -0.2) is 25.9 Å². The maximum absolute atomic E-state index is 12.3. The first-order valence-corrected chi connectivity index (χ1v) is 8.02. The highest BCUT2D eigenvalue weighted by Gasteiger charge is 2.44. The minimum absolute atomic E-state index is 0.00337. The van der Waals surface area contributed by atoms with Gasteiger partial charge in [-0.15, -0.1) is 0 Å². The average Bonchev–Trinajstić information content (AvgIpc) is 2.36. The molecule has 100 valence electrons. The number of aliphatic hydroxyl groups is 1. The van der Waals surface area contributed by atoms with Crippen LogP contribution in [0.1, 0.15) is 26.2 Å². The van der Waals surface area contributed by atoms with Gasteiger partial charge in [-0.3, -0.25) is 0 Å². The van der Waals surface area contributed by atoms with E-state index in [9.17, 15) is 8.42 Å². The van der Waals surface area contributed by atoms with Crippen LogP contribution in [0.3, 0.4) is 0 Å². The van der Waals surface area contributed by atoms with Crippen LogP contribution >= 0.6 is 0 Å². The summed E-state index contributed by atoms with van der Waals surface area (Å²) >= 11 is 0. The van der Waals surface area contributed by atoms with Crippen molar-refractivity contribution in [1.82, 2.24) is 0 Å². The Labute approximate surface area is 109 Å². The standard InChI is InChI=1S/C14H20O3S/c1-14(9-10-15)8-7-12(14)11-18(16,17)13-5-3-2-4-6-13/h2-6,12,15H,7-11H2,1H3/t12-,14+/m1/s1. The zero-order chi connectivity index (χ0) is 13.2. The Morgan fingerprint density at radius 3 is 2.50 bits per heavy atom. The van der Waals surface area contributed by atoms with Gasteiger partial charge in [-0.05, 0) is 42.7 Å². The number of hydrogen-bond donors (Lipinski definition) is 1. The molecule has 1 aliphatic rings. The molecule has 0 spiro atoms. The molecule has 1 aromatic carbocycles. The minimum Gasteiger partial charge on any atom is -0.396 e. The maximum atomic E-state index is 12.3. The first kappa shape index (κ1) is 13.6. The first-order valence-electron chi connectivity index (χ1n) is 6.37. The van der Waals surface area contributed by atoms with E-state index in [0.717, 1.165) is 12.8 Å². The molecule has 0 heterocycles. The van der Waals surface area contributed by atoms with Gasteiger partial charge in [0.1, 0.15) is 0 Å². The molecule has 1 saturated carbocycles. The molecule has 0 amide bonds. The number of sulfone groups is 1. The van der Waals surface area contributed by atoms with Crippen LogP contribution in [0.4, 0.5) is 0 Å². The molecule has 0 radical (unpaired) electrons. The Bertz CT molecular complexity index is 495. The SMILES string of the molecule is C[C@@]1(CCO)CC[C@@H]1CS(=O)(=O)c1ccccc1. The number of aliphatic hydroxyl groups excluding tert-OH is 1. The molecule has 1 aromatic rings. The van der Waals surface area contributed by atoms with E-state index in [-0.39, 0.29) is 23.7 Å². The molecule has 1 N–H and O–H groups in total. The van der Waals surface area contributed by atoms with E-state index in [4.69, 9.17) is 5.11 Å². The zero-order valence-electron chi connectivity index (χ0n) is 10.7. The lowest BCUT2D eigenvalue weighted by atomic mass is 9.60. The summed E-state index contributed by atoms with van der Waals surface area (Å²) in [6.45, 7) is 2.22. The molecule has 2 rings (SSSR count). The Kier molecular flexibility index (Phi) is 3.78. The number of benzene rings is 1. The van der Waals surface area contributed by atoms with E-state index < -0.39 is 9.84 Å². The van der Waals surface area contributed by atoms with Crippen LogP contribution in [0.25, 0.3) is 0 Å². The Morgan fingerprint density at radius 2 is 2.00 bits per heavy atom. The fourth-order valence-electron chi connectivity index (χ4n) is 2.70. The first-order chi connectivity index (χ1) is 8.48. The molecule has 0 aliphatic heterocycles. The molecule has 1 fully saturated rings. The molecule has 0 saturated heterocycles. The fourth-order valence-corrected chi connectivity index (χ4v) is 4.56. The molecular weight excluding hydrogens is 248 g/mol. The largest absolute Gasteiger partial charge is 0.396 e. The Balaban J connectivity index is 2.11. The van der Waals surface area contributed by atoms with Crippen molar-refractivity contribution >= 4 is 9.84 Å². The molecule has 4 heteroatoms. The van der Waals surface area contributed by atoms with Crippen molar-refractivity contribution in [1.29, 1.82) is 0 Å². The molecular formula is C14H20O3S. The molecule has 0 unspecified atom stereocenters. The molecule has 3 nitrogen and oxygen atoms in total. The molecule has 1 aliphatic carbocycles. The Morgan fingerprint density at radius 1 is 1.33 bits per heavy atom. The number of hydrogen-bond acceptors (Lipinski definition) is 3. The summed E-state index contributed by atoms with van der Waals surface area (Å²) in [6.07, 6.45) is 2.66. The van der Waals surface area contributed by atoms with Gasteiger partial charge in [0.2, 0.25) is 0 Å². The quantitative estimate of drug-likeness (QED) is 0.891. The normalized spacial score (nSPS) is 27.8. The highest BCUT2D eigenvalue weighted by molar-refractivity contribution is 7.91. The summed E-state index contributed by atoms with van der Waals surface area (Å²) in [5, 5.41) is 9.05. The van der Waals surface area contributed by atoms with Crippen molar-refractivity contribution < 1.29 is 13.5 Å². The topological polar surface area (TPSA) is 54.4 Å². The van der Waals surface area contributed by atoms with Crippen molar-refractivity contribution in [2.45, 2.75) is 31.1 Å². The summed E-state index contributed by atoms with van der Waals surface area (Å²) in [5.74, 6) is 0.378. The van der Waals surface area contributed by atoms with E-state index in [0.29, 0.717) is 11.3 Å². The Hall–Kier alpha value is -0.870. The van der Waals surface area contributed by atoms with Gasteiger partial charge in [-0.2, -0.15) is 0 Å². The molecule has 0 bridgehead atoms. The van der Waals surface area contributed by atoms with Gasteiger partial charge in [-0.1, -0.05) is 25.1 Å². The van der Waals surface area contributed by atoms with Crippen LogP contribution in [0.15, 0.2) is 35.2 Å². The third-order valence-corrected chi connectivity index (χ3v) is 6.09. The summed E-state index contributed by atoms with van der Waals surface area (Å²) in [5.41, 5.74) is -0.00337. The van der Waals surface area contributed by atoms with Crippen molar-refractivity contribution in [3.05, 3.63) is 30.3 Å². The van der Waals surface area contributed by atoms with Crippen LogP contribution in [0.2, 0.25) is 0 Å². The second-order valence-corrected chi connectivity index (χ2v) is 7.49. The highest BCUT2D eigenvalue weighted by Crippen LogP contribution is 2.49. The summed E-state index contributed by atoms with van der Waals surface area (Å²) in [4.78, 5) is 0.406. The second kappa shape index (κ2) is 5.02. The minimum atomic E-state index is -3.19. The van der Waals surface area contributed by atoms with Crippen LogP contribution in [0, 0.1) is 11.3 Å². The predicted octanol–water partition coefficient (Wildman–Crippen LogP) is 2.26. The van der Waals surface area contributed by atoms with Crippen LogP contribution in [0.5, 0.6) is 0 Å². The summed E-state index contributed by atoms with van der Waals surface area (Å²) in [7, 11) is -3.19. The van der Waals surface area contributed by atoms with E-state index in [1.807, 2.05) is 6.07 Å². The van der Waals surface area contributed by atoms with Gasteiger partial charge in [0.05, 0.1) is 10.6 Å². The van der Waals surface area contributed by atoms with Gasteiger partial charge >= 0.3 is 0 Å². The average molecular weight is 268 g/mol. The maximum Gasteiger partial charge on any atom is 0.178 e. The predicted molar refractivity (Wildman–Crippen MR) is 71.0 cm³/mol. The van der Waals surface area contributed by atoms with Gasteiger partial charge < -0.3 is 5.11 Å². The summed E-state index contributed by atoms with van der Waals surface area (Å²) in [6, 6.07) is 8.62. The van der Waals surface area contributed by atoms with E-state index >= 15 is 0 Å². The third kappa shape index (κ3) is 2.59. The van der Waals surface area contributed by atoms with Crippen molar-refractivity contribution in [2.24, 2.45) is 11.3 Å². The molecule has 2 atom stereocenters. The lowest BCUT2D eigenvalue weighted by molar-refractivity contribution is 0.0375. The van der Waals surface area contributed by atoms with Crippen LogP contribution < -0.4 is 0 Å². The molecule has 18 heavy (non-hydrogen) atoms.